The molecular weight excluding hydrogens is 336 g/mol. The molecule has 0 aliphatic heterocycles. The highest BCUT2D eigenvalue weighted by Gasteiger charge is 2.30. The van der Waals surface area contributed by atoms with Crippen LogP contribution in [0.1, 0.15) is 37.7 Å². The fourth-order valence-corrected chi connectivity index (χ4v) is 4.48. The van der Waals surface area contributed by atoms with Crippen molar-refractivity contribution in [1.29, 1.82) is 0 Å². The molecule has 1 atom stereocenters. The number of allylic oxidation sites excluding steroid dienone is 4. The number of nitrogens with two attached hydrogens (primary N) is 1. The van der Waals surface area contributed by atoms with Crippen LogP contribution in [-0.2, 0) is 4.74 Å². The maximum absolute atomic E-state index is 6.70. The van der Waals surface area contributed by atoms with Crippen molar-refractivity contribution in [2.24, 2.45) is 11.8 Å². The maximum atomic E-state index is 6.70. The fourth-order valence-electron chi connectivity index (χ4n) is 4.10. The number of hydrogen-bond acceptors (Lipinski definition) is 4. The van der Waals surface area contributed by atoms with E-state index in [0.717, 1.165) is 41.1 Å². The highest BCUT2D eigenvalue weighted by atomic mass is 35.5. The molecule has 1 saturated carbocycles. The van der Waals surface area contributed by atoms with Crippen LogP contribution in [0.5, 0.6) is 0 Å². The summed E-state index contributed by atoms with van der Waals surface area (Å²) in [6.45, 7) is 0. The molecule has 0 spiro atoms. The molecule has 2 aromatic heterocycles. The number of ether oxygens (including phenoxy) is 1. The maximum Gasteiger partial charge on any atom is 0.165 e. The Morgan fingerprint density at radius 1 is 1.28 bits per heavy atom. The van der Waals surface area contributed by atoms with E-state index >= 15 is 0 Å². The second-order valence-electron chi connectivity index (χ2n) is 6.98. The lowest BCUT2D eigenvalue weighted by Gasteiger charge is -2.34. The van der Waals surface area contributed by atoms with Crippen LogP contribution < -0.4 is 5.73 Å². The third kappa shape index (κ3) is 3.18. The molecule has 1 fully saturated rings. The van der Waals surface area contributed by atoms with E-state index in [1.54, 1.807) is 10.6 Å². The van der Waals surface area contributed by atoms with Gasteiger partial charge in [-0.15, -0.1) is 0 Å². The van der Waals surface area contributed by atoms with Crippen LogP contribution in [0.3, 0.4) is 0 Å². The van der Waals surface area contributed by atoms with E-state index in [9.17, 15) is 0 Å². The smallest absolute Gasteiger partial charge is 0.165 e. The van der Waals surface area contributed by atoms with Crippen molar-refractivity contribution in [1.82, 2.24) is 14.6 Å². The molecule has 6 heteroatoms. The van der Waals surface area contributed by atoms with Gasteiger partial charge in [-0.3, -0.25) is 0 Å². The minimum absolute atomic E-state index is 0.420. The lowest BCUT2D eigenvalue weighted by molar-refractivity contribution is 0.0500. The summed E-state index contributed by atoms with van der Waals surface area (Å²) in [7, 11) is 1.81. The molecular formula is C19H23ClN4O. The van der Waals surface area contributed by atoms with Crippen molar-refractivity contribution in [2.45, 2.75) is 38.2 Å². The Morgan fingerprint density at radius 3 is 2.80 bits per heavy atom. The zero-order valence-corrected chi connectivity index (χ0v) is 15.1. The molecule has 2 aromatic rings. The van der Waals surface area contributed by atoms with Gasteiger partial charge in [0.05, 0.1) is 12.3 Å². The molecule has 0 aromatic carbocycles. The molecule has 2 aliphatic rings. The zero-order chi connectivity index (χ0) is 17.4. The Labute approximate surface area is 152 Å². The summed E-state index contributed by atoms with van der Waals surface area (Å²) in [5.41, 5.74) is 8.66. The molecule has 25 heavy (non-hydrogen) atoms. The van der Waals surface area contributed by atoms with Gasteiger partial charge in [-0.05, 0) is 55.7 Å². The minimum atomic E-state index is 0.420. The van der Waals surface area contributed by atoms with Crippen LogP contribution in [0, 0.1) is 11.8 Å². The largest absolute Gasteiger partial charge is 0.384 e. The Kier molecular flexibility index (Phi) is 4.52. The van der Waals surface area contributed by atoms with Gasteiger partial charge >= 0.3 is 0 Å². The second kappa shape index (κ2) is 6.81. The SMILES string of the molecule is COC1CCC(C2CC=C(c3cnn4ccc(N)nc34)C=C2Cl)CC1. The number of aromatic nitrogens is 3. The number of halogens is 1. The average molecular weight is 359 g/mol. The van der Waals surface area contributed by atoms with E-state index in [1.807, 2.05) is 19.5 Å². The van der Waals surface area contributed by atoms with Gasteiger partial charge in [0.25, 0.3) is 0 Å². The molecule has 0 bridgehead atoms. The van der Waals surface area contributed by atoms with E-state index < -0.39 is 0 Å². The molecule has 0 amide bonds. The Bertz CT molecular complexity index is 833. The summed E-state index contributed by atoms with van der Waals surface area (Å²) in [5.74, 6) is 1.56. The molecule has 132 valence electrons. The van der Waals surface area contributed by atoms with Crippen LogP contribution in [-0.4, -0.2) is 27.8 Å². The van der Waals surface area contributed by atoms with Gasteiger partial charge in [-0.2, -0.15) is 5.10 Å². The van der Waals surface area contributed by atoms with Crippen LogP contribution >= 0.6 is 11.6 Å². The highest BCUT2D eigenvalue weighted by molar-refractivity contribution is 6.30. The van der Waals surface area contributed by atoms with Gasteiger partial charge in [0.2, 0.25) is 0 Å². The number of rotatable bonds is 3. The predicted octanol–water partition coefficient (Wildman–Crippen LogP) is 4.04. The molecule has 2 heterocycles. The number of nitrogens with zero attached hydrogens (tertiary/aromatic N) is 3. The topological polar surface area (TPSA) is 65.4 Å². The molecule has 4 rings (SSSR count). The highest BCUT2D eigenvalue weighted by Crippen LogP contribution is 2.42. The molecule has 2 N–H and O–H groups in total. The van der Waals surface area contributed by atoms with E-state index in [-0.39, 0.29) is 0 Å². The summed E-state index contributed by atoms with van der Waals surface area (Å²) in [5, 5.41) is 5.30. The molecule has 2 aliphatic carbocycles. The van der Waals surface area contributed by atoms with Crippen molar-refractivity contribution in [3.05, 3.63) is 41.2 Å². The van der Waals surface area contributed by atoms with Gasteiger partial charge in [0.15, 0.2) is 5.65 Å². The van der Waals surface area contributed by atoms with E-state index in [0.29, 0.717) is 23.8 Å². The molecule has 5 nitrogen and oxygen atoms in total. The first-order valence-electron chi connectivity index (χ1n) is 8.86. The van der Waals surface area contributed by atoms with Crippen molar-refractivity contribution < 1.29 is 4.74 Å². The van der Waals surface area contributed by atoms with Crippen molar-refractivity contribution >= 4 is 28.6 Å². The zero-order valence-electron chi connectivity index (χ0n) is 14.4. The summed E-state index contributed by atoms with van der Waals surface area (Å²) in [6, 6.07) is 1.74. The molecule has 1 unspecified atom stereocenters. The van der Waals surface area contributed by atoms with Gasteiger partial charge < -0.3 is 10.5 Å². The Hall–Kier alpha value is -1.85. The van der Waals surface area contributed by atoms with E-state index in [4.69, 9.17) is 22.1 Å². The quantitative estimate of drug-likeness (QED) is 0.899. The first-order chi connectivity index (χ1) is 12.2. The molecule has 0 saturated heterocycles. The summed E-state index contributed by atoms with van der Waals surface area (Å²) in [4.78, 5) is 4.41. The number of fused-ring (bicyclic) bond motifs is 1. The first kappa shape index (κ1) is 16.6. The van der Waals surface area contributed by atoms with Gasteiger partial charge in [-0.1, -0.05) is 17.7 Å². The second-order valence-corrected chi connectivity index (χ2v) is 7.42. The number of nitrogen functional groups attached to an aromatic ring is 1. The first-order valence-corrected chi connectivity index (χ1v) is 9.23. The number of hydrogen-bond donors (Lipinski definition) is 1. The molecule has 0 radical (unpaired) electrons. The van der Waals surface area contributed by atoms with Crippen LogP contribution in [0.15, 0.2) is 35.6 Å². The van der Waals surface area contributed by atoms with E-state index in [2.05, 4.69) is 22.2 Å². The van der Waals surface area contributed by atoms with Crippen molar-refractivity contribution in [3.63, 3.8) is 0 Å². The van der Waals surface area contributed by atoms with Gasteiger partial charge in [-0.25, -0.2) is 9.50 Å². The number of methoxy groups -OCH3 is 1. The monoisotopic (exact) mass is 358 g/mol. The predicted molar refractivity (Wildman–Crippen MR) is 100 cm³/mol. The van der Waals surface area contributed by atoms with Gasteiger partial charge in [0.1, 0.15) is 5.82 Å². The third-order valence-corrected chi connectivity index (χ3v) is 5.95. The standard InChI is InChI=1S/C19H23ClN4O/c1-25-14-5-2-12(3-6-14)15-7-4-13(10-17(15)20)16-11-22-24-9-8-18(21)23-19(16)24/h4,8-12,14-15H,2-3,5-7H2,1H3,(H2,21,23). The summed E-state index contributed by atoms with van der Waals surface area (Å²) >= 11 is 6.70. The summed E-state index contributed by atoms with van der Waals surface area (Å²) in [6.07, 6.45) is 14.0. The van der Waals surface area contributed by atoms with Gasteiger partial charge in [0, 0.05) is 29.8 Å². The van der Waals surface area contributed by atoms with E-state index in [1.165, 1.54) is 12.8 Å². The lowest BCUT2D eigenvalue weighted by atomic mass is 9.75. The minimum Gasteiger partial charge on any atom is -0.384 e. The van der Waals surface area contributed by atoms with Crippen molar-refractivity contribution in [2.75, 3.05) is 12.8 Å². The van der Waals surface area contributed by atoms with Crippen LogP contribution in [0.25, 0.3) is 11.2 Å². The van der Waals surface area contributed by atoms with Crippen molar-refractivity contribution in [3.8, 4) is 0 Å². The lowest BCUT2D eigenvalue weighted by Crippen LogP contribution is -2.26. The fraction of sp³-hybridized carbons (Fsp3) is 0.474. The Morgan fingerprint density at radius 2 is 2.08 bits per heavy atom. The van der Waals surface area contributed by atoms with Crippen LogP contribution in [0.4, 0.5) is 5.82 Å². The van der Waals surface area contributed by atoms with Crippen LogP contribution in [0.2, 0.25) is 0 Å². The normalized spacial score (nSPS) is 27.2. The summed E-state index contributed by atoms with van der Waals surface area (Å²) < 4.78 is 7.23. The third-order valence-electron chi connectivity index (χ3n) is 5.56. The number of anilines is 1. The average Bonchev–Trinajstić information content (AvgIpc) is 3.05. The Balaban J connectivity index is 1.54.